The van der Waals surface area contributed by atoms with E-state index in [-0.39, 0.29) is 5.56 Å². The lowest BCUT2D eigenvalue weighted by Gasteiger charge is -2.06. The van der Waals surface area contributed by atoms with Crippen LogP contribution in [0.4, 0.5) is 0 Å². The molecule has 0 aliphatic heterocycles. The molecule has 2 rings (SSSR count). The van der Waals surface area contributed by atoms with Gasteiger partial charge in [0.2, 0.25) is 0 Å². The lowest BCUT2D eigenvalue weighted by Crippen LogP contribution is -2.23. The molecule has 0 N–H and O–H groups in total. The lowest BCUT2D eigenvalue weighted by atomic mass is 10.3. The maximum absolute atomic E-state index is 12.0. The van der Waals surface area contributed by atoms with E-state index in [1.54, 1.807) is 22.5 Å². The van der Waals surface area contributed by atoms with E-state index in [0.29, 0.717) is 16.7 Å². The molecule has 0 fully saturated rings. The third-order valence-corrected chi connectivity index (χ3v) is 3.79. The Kier molecular flexibility index (Phi) is 3.65. The molecule has 0 saturated carbocycles. The average molecular weight is 311 g/mol. The Hall–Kier alpha value is -1.43. The zero-order valence-corrected chi connectivity index (χ0v) is 12.2. The van der Waals surface area contributed by atoms with Crippen LogP contribution in [0, 0.1) is 6.92 Å². The van der Waals surface area contributed by atoms with Crippen molar-refractivity contribution in [3.8, 4) is 0 Å². The summed E-state index contributed by atoms with van der Waals surface area (Å²) in [6, 6.07) is 2.01. The Morgan fingerprint density at radius 2 is 2.17 bits per heavy atom. The number of halogens is 1. The van der Waals surface area contributed by atoms with Gasteiger partial charge in [0.25, 0.3) is 5.56 Å². The Morgan fingerprint density at radius 3 is 2.78 bits per heavy atom. The zero-order valence-electron chi connectivity index (χ0n) is 10.6. The van der Waals surface area contributed by atoms with Crippen molar-refractivity contribution in [3.63, 3.8) is 0 Å². The van der Waals surface area contributed by atoms with Crippen LogP contribution in [0.3, 0.4) is 0 Å². The molecular formula is C12H15BrN4O. The Balaban J connectivity index is 2.37. The third-order valence-electron chi connectivity index (χ3n) is 2.88. The van der Waals surface area contributed by atoms with Gasteiger partial charge in [0.15, 0.2) is 0 Å². The maximum atomic E-state index is 12.0. The number of hydrogen-bond donors (Lipinski definition) is 0. The normalized spacial score (nSPS) is 10.9. The van der Waals surface area contributed by atoms with Crippen LogP contribution in [-0.2, 0) is 20.0 Å². The molecular weight excluding hydrogens is 296 g/mol. The quantitative estimate of drug-likeness (QED) is 0.866. The third kappa shape index (κ3) is 2.38. The lowest BCUT2D eigenvalue weighted by molar-refractivity contribution is 0.638. The van der Waals surface area contributed by atoms with Gasteiger partial charge >= 0.3 is 0 Å². The molecule has 2 aromatic rings. The van der Waals surface area contributed by atoms with Crippen molar-refractivity contribution in [1.82, 2.24) is 19.3 Å². The first-order chi connectivity index (χ1) is 8.52. The summed E-state index contributed by atoms with van der Waals surface area (Å²) in [5, 5.41) is 4.36. The molecule has 5 nitrogen and oxygen atoms in total. The van der Waals surface area contributed by atoms with E-state index in [2.05, 4.69) is 32.9 Å². The van der Waals surface area contributed by atoms with Gasteiger partial charge < -0.3 is 0 Å². The standard InChI is InChI=1S/C12H15BrN4O/c1-4-9-5-10(16(3)15-9)6-17-7-14-8(2)11(13)12(17)18/h5,7H,4,6H2,1-3H3. The maximum Gasteiger partial charge on any atom is 0.268 e. The second-order valence-electron chi connectivity index (χ2n) is 4.18. The molecule has 0 spiro atoms. The fourth-order valence-electron chi connectivity index (χ4n) is 1.73. The minimum absolute atomic E-state index is 0.0678. The van der Waals surface area contributed by atoms with Gasteiger partial charge in [-0.05, 0) is 35.3 Å². The van der Waals surface area contributed by atoms with Crippen molar-refractivity contribution in [2.45, 2.75) is 26.8 Å². The Bertz CT molecular complexity index is 629. The van der Waals surface area contributed by atoms with E-state index in [1.807, 2.05) is 13.1 Å². The van der Waals surface area contributed by atoms with Crippen molar-refractivity contribution in [3.05, 3.63) is 44.3 Å². The van der Waals surface area contributed by atoms with Gasteiger partial charge in [-0.3, -0.25) is 14.0 Å². The molecule has 0 unspecified atom stereocenters. The predicted molar refractivity (Wildman–Crippen MR) is 72.6 cm³/mol. The van der Waals surface area contributed by atoms with Crippen LogP contribution in [0.25, 0.3) is 0 Å². The summed E-state index contributed by atoms with van der Waals surface area (Å²) in [5.74, 6) is 0. The van der Waals surface area contributed by atoms with Crippen molar-refractivity contribution in [1.29, 1.82) is 0 Å². The molecule has 0 amide bonds. The second kappa shape index (κ2) is 5.06. The number of nitrogens with zero attached hydrogens (tertiary/aromatic N) is 4. The first kappa shape index (κ1) is 13.0. The molecule has 0 atom stereocenters. The van der Waals surface area contributed by atoms with Gasteiger partial charge in [0.05, 0.1) is 30.0 Å². The topological polar surface area (TPSA) is 52.7 Å². The fourth-order valence-corrected chi connectivity index (χ4v) is 2.06. The molecule has 0 saturated heterocycles. The summed E-state index contributed by atoms with van der Waals surface area (Å²) < 4.78 is 3.90. The minimum atomic E-state index is -0.0678. The molecule has 96 valence electrons. The number of aryl methyl sites for hydroxylation is 3. The molecule has 0 bridgehead atoms. The van der Waals surface area contributed by atoms with Crippen molar-refractivity contribution in [2.75, 3.05) is 0 Å². The summed E-state index contributed by atoms with van der Waals surface area (Å²) in [7, 11) is 1.89. The Labute approximate surface area is 114 Å². The van der Waals surface area contributed by atoms with Gasteiger partial charge in [0.1, 0.15) is 4.47 Å². The van der Waals surface area contributed by atoms with Crippen LogP contribution >= 0.6 is 15.9 Å². The van der Waals surface area contributed by atoms with Crippen molar-refractivity contribution < 1.29 is 0 Å². The van der Waals surface area contributed by atoms with Crippen LogP contribution in [-0.4, -0.2) is 19.3 Å². The summed E-state index contributed by atoms with van der Waals surface area (Å²) in [6.45, 7) is 4.34. The van der Waals surface area contributed by atoms with E-state index in [9.17, 15) is 4.79 Å². The molecule has 2 aromatic heterocycles. The van der Waals surface area contributed by atoms with E-state index in [0.717, 1.165) is 17.8 Å². The first-order valence-electron chi connectivity index (χ1n) is 5.76. The summed E-state index contributed by atoms with van der Waals surface area (Å²) in [5.41, 5.74) is 2.66. The van der Waals surface area contributed by atoms with Gasteiger partial charge in [-0.1, -0.05) is 6.92 Å². The molecule has 6 heteroatoms. The highest BCUT2D eigenvalue weighted by Gasteiger charge is 2.09. The molecule has 18 heavy (non-hydrogen) atoms. The summed E-state index contributed by atoms with van der Waals surface area (Å²) >= 11 is 3.26. The molecule has 0 aliphatic carbocycles. The van der Waals surface area contributed by atoms with Gasteiger partial charge in [0, 0.05) is 7.05 Å². The molecule has 0 radical (unpaired) electrons. The molecule has 0 aromatic carbocycles. The zero-order chi connectivity index (χ0) is 13.3. The van der Waals surface area contributed by atoms with Gasteiger partial charge in [-0.15, -0.1) is 0 Å². The van der Waals surface area contributed by atoms with E-state index in [4.69, 9.17) is 0 Å². The highest BCUT2D eigenvalue weighted by molar-refractivity contribution is 9.10. The van der Waals surface area contributed by atoms with Crippen LogP contribution < -0.4 is 5.56 Å². The van der Waals surface area contributed by atoms with Gasteiger partial charge in [-0.25, -0.2) is 4.98 Å². The summed E-state index contributed by atoms with van der Waals surface area (Å²) in [4.78, 5) is 16.2. The highest BCUT2D eigenvalue weighted by atomic mass is 79.9. The Morgan fingerprint density at radius 1 is 1.44 bits per heavy atom. The molecule has 2 heterocycles. The van der Waals surface area contributed by atoms with E-state index < -0.39 is 0 Å². The predicted octanol–water partition coefficient (Wildman–Crippen LogP) is 1.66. The van der Waals surface area contributed by atoms with E-state index >= 15 is 0 Å². The number of rotatable bonds is 3. The number of aromatic nitrogens is 4. The average Bonchev–Trinajstić information content (AvgIpc) is 2.71. The number of hydrogen-bond acceptors (Lipinski definition) is 3. The second-order valence-corrected chi connectivity index (χ2v) is 4.97. The van der Waals surface area contributed by atoms with Crippen molar-refractivity contribution >= 4 is 15.9 Å². The monoisotopic (exact) mass is 310 g/mol. The smallest absolute Gasteiger partial charge is 0.268 e. The highest BCUT2D eigenvalue weighted by Crippen LogP contribution is 2.08. The molecule has 0 aliphatic rings. The van der Waals surface area contributed by atoms with E-state index in [1.165, 1.54) is 0 Å². The fraction of sp³-hybridized carbons (Fsp3) is 0.417. The first-order valence-corrected chi connectivity index (χ1v) is 6.55. The largest absolute Gasteiger partial charge is 0.292 e. The van der Waals surface area contributed by atoms with Crippen molar-refractivity contribution in [2.24, 2.45) is 7.05 Å². The van der Waals surface area contributed by atoms with Gasteiger partial charge in [-0.2, -0.15) is 5.10 Å². The van der Waals surface area contributed by atoms with Crippen LogP contribution in [0.1, 0.15) is 24.0 Å². The minimum Gasteiger partial charge on any atom is -0.292 e. The SMILES string of the molecule is CCc1cc(Cn2cnc(C)c(Br)c2=O)n(C)n1. The van der Waals surface area contributed by atoms with Crippen LogP contribution in [0.2, 0.25) is 0 Å². The van der Waals surface area contributed by atoms with Crippen LogP contribution in [0.15, 0.2) is 21.7 Å². The van der Waals surface area contributed by atoms with Crippen LogP contribution in [0.5, 0.6) is 0 Å². The summed E-state index contributed by atoms with van der Waals surface area (Å²) in [6.07, 6.45) is 2.46.